The average Bonchev–Trinajstić information content (AvgIpc) is 2.93. The largest absolute Gasteiger partial charge is 0.490 e. The van der Waals surface area contributed by atoms with Crippen molar-refractivity contribution >= 4 is 5.78 Å². The molecule has 0 aliphatic carbocycles. The number of aryl methyl sites for hydroxylation is 1. The van der Waals surface area contributed by atoms with E-state index in [-0.39, 0.29) is 5.78 Å². The lowest BCUT2D eigenvalue weighted by molar-refractivity contribution is 0.0953. The van der Waals surface area contributed by atoms with Gasteiger partial charge in [-0.3, -0.25) is 9.48 Å². The van der Waals surface area contributed by atoms with Crippen LogP contribution in [0.2, 0.25) is 0 Å². The Hall–Kier alpha value is -2.18. The molecule has 2 aromatic rings. The molecule has 112 valence electrons. The summed E-state index contributed by atoms with van der Waals surface area (Å²) in [7, 11) is 3.38. The molecule has 2 rings (SSSR count). The van der Waals surface area contributed by atoms with E-state index in [1.165, 1.54) is 0 Å². The second kappa shape index (κ2) is 7.01. The fraction of sp³-hybridized carbons (Fsp3) is 0.333. The maximum atomic E-state index is 12.5. The van der Waals surface area contributed by atoms with Gasteiger partial charge in [0.1, 0.15) is 12.4 Å². The summed E-state index contributed by atoms with van der Waals surface area (Å²) in [6.45, 7) is 0.833. The van der Waals surface area contributed by atoms with Gasteiger partial charge in [-0.25, -0.2) is 0 Å². The van der Waals surface area contributed by atoms with Gasteiger partial charge >= 0.3 is 0 Å². The van der Waals surface area contributed by atoms with Gasteiger partial charge in [-0.05, 0) is 12.1 Å². The Morgan fingerprint density at radius 2 is 2.14 bits per heavy atom. The van der Waals surface area contributed by atoms with E-state index < -0.39 is 6.04 Å². The second-order valence-electron chi connectivity index (χ2n) is 4.63. The van der Waals surface area contributed by atoms with E-state index in [1.807, 2.05) is 6.07 Å². The van der Waals surface area contributed by atoms with Crippen molar-refractivity contribution in [1.29, 1.82) is 0 Å². The molecule has 0 saturated carbocycles. The molecule has 0 bridgehead atoms. The quantitative estimate of drug-likeness (QED) is 0.614. The molecule has 1 heterocycles. The van der Waals surface area contributed by atoms with Crippen LogP contribution in [0.5, 0.6) is 5.75 Å². The lowest BCUT2D eigenvalue weighted by Crippen LogP contribution is -2.22. The number of aromatic nitrogens is 2. The zero-order valence-electron chi connectivity index (χ0n) is 12.2. The highest BCUT2D eigenvalue weighted by molar-refractivity contribution is 6.02. The average molecular weight is 289 g/mol. The van der Waals surface area contributed by atoms with Crippen LogP contribution in [0.15, 0.2) is 36.7 Å². The normalized spacial score (nSPS) is 12.1. The third-order valence-corrected chi connectivity index (χ3v) is 3.06. The van der Waals surface area contributed by atoms with Crippen molar-refractivity contribution in [3.63, 3.8) is 0 Å². The van der Waals surface area contributed by atoms with E-state index in [4.69, 9.17) is 15.2 Å². The predicted molar refractivity (Wildman–Crippen MR) is 78.3 cm³/mol. The van der Waals surface area contributed by atoms with Gasteiger partial charge < -0.3 is 15.2 Å². The minimum atomic E-state index is -0.758. The molecule has 0 aliphatic heterocycles. The predicted octanol–water partition coefficient (Wildman–Crippen LogP) is 1.33. The summed E-state index contributed by atoms with van der Waals surface area (Å²) in [5.74, 6) is 0.315. The summed E-state index contributed by atoms with van der Waals surface area (Å²) in [4.78, 5) is 12.5. The molecule has 21 heavy (non-hydrogen) atoms. The van der Waals surface area contributed by atoms with E-state index >= 15 is 0 Å². The number of para-hydroxylation sites is 1. The maximum Gasteiger partial charge on any atom is 0.187 e. The molecule has 0 spiro atoms. The number of Topliss-reactive ketones (excluding diaryl/α,β-unsaturated/α-hetero) is 1. The number of nitrogens with two attached hydrogens (primary N) is 1. The molecule has 0 amide bonds. The van der Waals surface area contributed by atoms with Crippen LogP contribution in [0, 0.1) is 0 Å². The SMILES string of the molecule is COCCOc1ccccc1C(=O)C(N)c1cnn(C)c1. The monoisotopic (exact) mass is 289 g/mol. The van der Waals surface area contributed by atoms with Crippen LogP contribution in [0.1, 0.15) is 22.0 Å². The smallest absolute Gasteiger partial charge is 0.187 e. The molecule has 0 radical (unpaired) electrons. The fourth-order valence-electron chi connectivity index (χ4n) is 1.95. The number of hydrogen-bond acceptors (Lipinski definition) is 5. The van der Waals surface area contributed by atoms with Gasteiger partial charge in [0.15, 0.2) is 5.78 Å². The van der Waals surface area contributed by atoms with Gasteiger partial charge in [-0.1, -0.05) is 12.1 Å². The van der Waals surface area contributed by atoms with Crippen LogP contribution in [-0.2, 0) is 11.8 Å². The molecule has 1 atom stereocenters. The highest BCUT2D eigenvalue weighted by Gasteiger charge is 2.22. The Bertz CT molecular complexity index is 610. The Labute approximate surface area is 123 Å². The number of methoxy groups -OCH3 is 1. The van der Waals surface area contributed by atoms with Crippen LogP contribution >= 0.6 is 0 Å². The van der Waals surface area contributed by atoms with Crippen molar-refractivity contribution in [2.75, 3.05) is 20.3 Å². The number of ether oxygens (including phenoxy) is 2. The Morgan fingerprint density at radius 3 is 2.81 bits per heavy atom. The van der Waals surface area contributed by atoms with Gasteiger partial charge in [-0.2, -0.15) is 5.10 Å². The molecular weight excluding hydrogens is 270 g/mol. The number of rotatable bonds is 7. The number of nitrogens with zero attached hydrogens (tertiary/aromatic N) is 2. The first-order valence-electron chi connectivity index (χ1n) is 6.62. The third-order valence-electron chi connectivity index (χ3n) is 3.06. The van der Waals surface area contributed by atoms with Crippen molar-refractivity contribution in [3.8, 4) is 5.75 Å². The van der Waals surface area contributed by atoms with E-state index in [0.717, 1.165) is 0 Å². The summed E-state index contributed by atoms with van der Waals surface area (Å²) in [6, 6.07) is 6.30. The van der Waals surface area contributed by atoms with Gasteiger partial charge in [-0.15, -0.1) is 0 Å². The number of carbonyl (C=O) groups excluding carboxylic acids is 1. The lowest BCUT2D eigenvalue weighted by Gasteiger charge is -2.13. The molecule has 0 aliphatic rings. The number of carbonyl (C=O) groups is 1. The molecular formula is C15H19N3O3. The van der Waals surface area contributed by atoms with Crippen LogP contribution < -0.4 is 10.5 Å². The van der Waals surface area contributed by atoms with Crippen LogP contribution in [-0.4, -0.2) is 35.9 Å². The third kappa shape index (κ3) is 3.68. The topological polar surface area (TPSA) is 79.4 Å². The van der Waals surface area contributed by atoms with Crippen molar-refractivity contribution in [2.45, 2.75) is 6.04 Å². The molecule has 1 aromatic carbocycles. The van der Waals surface area contributed by atoms with E-state index in [1.54, 1.807) is 49.4 Å². The van der Waals surface area contributed by atoms with Crippen molar-refractivity contribution in [1.82, 2.24) is 9.78 Å². The summed E-state index contributed by atoms with van der Waals surface area (Å²) < 4.78 is 12.1. The number of hydrogen-bond donors (Lipinski definition) is 1. The number of ketones is 1. The van der Waals surface area contributed by atoms with Crippen molar-refractivity contribution < 1.29 is 14.3 Å². The summed E-state index contributed by atoms with van der Waals surface area (Å²) in [6.07, 6.45) is 3.33. The molecule has 1 unspecified atom stereocenters. The Kier molecular flexibility index (Phi) is 5.08. The first-order valence-corrected chi connectivity index (χ1v) is 6.62. The zero-order valence-corrected chi connectivity index (χ0v) is 12.2. The summed E-state index contributed by atoms with van der Waals surface area (Å²) in [5.41, 5.74) is 7.16. The van der Waals surface area contributed by atoms with E-state index in [9.17, 15) is 4.79 Å². The summed E-state index contributed by atoms with van der Waals surface area (Å²) >= 11 is 0. The molecule has 6 heteroatoms. The van der Waals surface area contributed by atoms with E-state index in [0.29, 0.717) is 30.1 Å². The van der Waals surface area contributed by atoms with Gasteiger partial charge in [0.05, 0.1) is 24.4 Å². The number of benzene rings is 1. The Balaban J connectivity index is 2.18. The first kappa shape index (κ1) is 15.2. The fourth-order valence-corrected chi connectivity index (χ4v) is 1.95. The summed E-state index contributed by atoms with van der Waals surface area (Å²) in [5, 5.41) is 4.03. The minimum Gasteiger partial charge on any atom is -0.490 e. The second-order valence-corrected chi connectivity index (χ2v) is 4.63. The standard InChI is InChI=1S/C15H19N3O3/c1-18-10-11(9-17-18)14(16)15(19)12-5-3-4-6-13(12)21-8-7-20-2/h3-6,9-10,14H,7-8,16H2,1-2H3. The van der Waals surface area contributed by atoms with Crippen LogP contribution in [0.3, 0.4) is 0 Å². The van der Waals surface area contributed by atoms with E-state index in [2.05, 4.69) is 5.10 Å². The molecule has 0 saturated heterocycles. The van der Waals surface area contributed by atoms with Crippen LogP contribution in [0.4, 0.5) is 0 Å². The van der Waals surface area contributed by atoms with Gasteiger partial charge in [0.2, 0.25) is 0 Å². The van der Waals surface area contributed by atoms with Gasteiger partial charge in [0.25, 0.3) is 0 Å². The highest BCUT2D eigenvalue weighted by atomic mass is 16.5. The zero-order chi connectivity index (χ0) is 15.2. The lowest BCUT2D eigenvalue weighted by atomic mass is 10.00. The van der Waals surface area contributed by atoms with Crippen molar-refractivity contribution in [2.24, 2.45) is 12.8 Å². The van der Waals surface area contributed by atoms with Crippen LogP contribution in [0.25, 0.3) is 0 Å². The minimum absolute atomic E-state index is 0.198. The Morgan fingerprint density at radius 1 is 1.38 bits per heavy atom. The van der Waals surface area contributed by atoms with Crippen molar-refractivity contribution in [3.05, 3.63) is 47.8 Å². The molecule has 0 fully saturated rings. The highest BCUT2D eigenvalue weighted by Crippen LogP contribution is 2.23. The molecule has 2 N–H and O–H groups in total. The maximum absolute atomic E-state index is 12.5. The molecule has 6 nitrogen and oxygen atoms in total. The molecule has 1 aromatic heterocycles. The first-order chi connectivity index (χ1) is 10.1. The van der Waals surface area contributed by atoms with Gasteiger partial charge in [0, 0.05) is 25.9 Å².